The molecule has 1 aromatic heterocycles. The first-order valence-electron chi connectivity index (χ1n) is 8.42. The van der Waals surface area contributed by atoms with Crippen molar-refractivity contribution in [2.45, 2.75) is 24.8 Å². The average Bonchev–Trinajstić information content (AvgIpc) is 2.65. The van der Waals surface area contributed by atoms with Crippen molar-refractivity contribution in [1.29, 1.82) is 5.26 Å². The van der Waals surface area contributed by atoms with Crippen molar-refractivity contribution >= 4 is 27.6 Å². The standard InChI is InChI=1S/C18H16FN5O4S/c1-10-5-12(7-20)8-21-17(10)11(2)22-16(25)9-24-18(26)23-14-4-3-13(19)6-15(14)29(24,27)28/h3-6,8,11H,9H2,1-2H3,(H,22,25)(H,23,26)/t11-/m0/s1. The summed E-state index contributed by atoms with van der Waals surface area (Å²) in [4.78, 5) is 28.3. The van der Waals surface area contributed by atoms with Gasteiger partial charge in [-0.3, -0.25) is 9.78 Å². The molecule has 0 radical (unpaired) electrons. The van der Waals surface area contributed by atoms with Crippen LogP contribution in [0.4, 0.5) is 14.9 Å². The number of halogens is 1. The predicted molar refractivity (Wildman–Crippen MR) is 99.6 cm³/mol. The number of hydrogen-bond donors (Lipinski definition) is 2. The number of benzene rings is 1. The van der Waals surface area contributed by atoms with Gasteiger partial charge in [-0.1, -0.05) is 0 Å². The highest BCUT2D eigenvalue weighted by molar-refractivity contribution is 7.90. The largest absolute Gasteiger partial charge is 0.346 e. The zero-order valence-electron chi connectivity index (χ0n) is 15.4. The summed E-state index contributed by atoms with van der Waals surface area (Å²) in [5.41, 5.74) is 1.48. The van der Waals surface area contributed by atoms with Gasteiger partial charge in [0, 0.05) is 6.20 Å². The minimum absolute atomic E-state index is 0.0566. The van der Waals surface area contributed by atoms with Gasteiger partial charge in [-0.2, -0.15) is 5.26 Å². The number of carbonyl (C=O) groups is 2. The lowest BCUT2D eigenvalue weighted by Crippen LogP contribution is -2.49. The van der Waals surface area contributed by atoms with E-state index in [1.165, 1.54) is 6.20 Å². The van der Waals surface area contributed by atoms with Gasteiger partial charge >= 0.3 is 6.03 Å². The van der Waals surface area contributed by atoms with E-state index in [0.29, 0.717) is 21.1 Å². The lowest BCUT2D eigenvalue weighted by Gasteiger charge is -2.28. The van der Waals surface area contributed by atoms with Crippen LogP contribution in [0.5, 0.6) is 0 Å². The molecule has 3 amide bonds. The number of nitrogens with one attached hydrogen (secondary N) is 2. The van der Waals surface area contributed by atoms with E-state index in [9.17, 15) is 22.4 Å². The van der Waals surface area contributed by atoms with E-state index in [2.05, 4.69) is 15.6 Å². The molecule has 0 saturated carbocycles. The molecule has 1 aliphatic heterocycles. The molecule has 0 unspecified atom stereocenters. The van der Waals surface area contributed by atoms with E-state index in [0.717, 1.165) is 18.2 Å². The van der Waals surface area contributed by atoms with Crippen LogP contribution >= 0.6 is 0 Å². The summed E-state index contributed by atoms with van der Waals surface area (Å²) in [6.45, 7) is 2.57. The van der Waals surface area contributed by atoms with Crippen molar-refractivity contribution in [3.63, 3.8) is 0 Å². The molecule has 2 heterocycles. The van der Waals surface area contributed by atoms with Gasteiger partial charge in [-0.15, -0.1) is 0 Å². The third kappa shape index (κ3) is 3.88. The number of nitrogens with zero attached hydrogens (tertiary/aromatic N) is 3. The summed E-state index contributed by atoms with van der Waals surface area (Å²) in [7, 11) is -4.40. The fourth-order valence-electron chi connectivity index (χ4n) is 2.96. The summed E-state index contributed by atoms with van der Waals surface area (Å²) < 4.78 is 39.1. The third-order valence-corrected chi connectivity index (χ3v) is 6.07. The van der Waals surface area contributed by atoms with Crippen molar-refractivity contribution in [1.82, 2.24) is 14.6 Å². The van der Waals surface area contributed by atoms with E-state index in [1.807, 2.05) is 6.07 Å². The normalized spacial score (nSPS) is 15.7. The topological polar surface area (TPSA) is 132 Å². The quantitative estimate of drug-likeness (QED) is 0.780. The van der Waals surface area contributed by atoms with Crippen LogP contribution in [0.25, 0.3) is 0 Å². The fraction of sp³-hybridized carbons (Fsp3) is 0.222. The molecule has 29 heavy (non-hydrogen) atoms. The maximum Gasteiger partial charge on any atom is 0.336 e. The number of sulfonamides is 1. The lowest BCUT2D eigenvalue weighted by atomic mass is 10.1. The number of anilines is 1. The first-order chi connectivity index (χ1) is 13.6. The maximum absolute atomic E-state index is 13.5. The van der Waals surface area contributed by atoms with Crippen LogP contribution < -0.4 is 10.6 Å². The van der Waals surface area contributed by atoms with Gasteiger partial charge < -0.3 is 10.6 Å². The smallest absolute Gasteiger partial charge is 0.336 e. The van der Waals surface area contributed by atoms with Crippen LogP contribution in [0.15, 0.2) is 35.4 Å². The highest BCUT2D eigenvalue weighted by atomic mass is 32.2. The first-order valence-corrected chi connectivity index (χ1v) is 9.86. The van der Waals surface area contributed by atoms with Gasteiger partial charge in [0.1, 0.15) is 23.3 Å². The Morgan fingerprint density at radius 2 is 2.14 bits per heavy atom. The molecular formula is C18H16FN5O4S. The first kappa shape index (κ1) is 20.2. The highest BCUT2D eigenvalue weighted by Gasteiger charge is 2.38. The number of urea groups is 1. The van der Waals surface area contributed by atoms with Crippen LogP contribution in [0, 0.1) is 24.1 Å². The monoisotopic (exact) mass is 417 g/mol. The highest BCUT2D eigenvalue weighted by Crippen LogP contribution is 2.30. The van der Waals surface area contributed by atoms with E-state index in [1.54, 1.807) is 19.9 Å². The van der Waals surface area contributed by atoms with E-state index in [4.69, 9.17) is 5.26 Å². The molecule has 0 bridgehead atoms. The van der Waals surface area contributed by atoms with Gasteiger partial charge in [0.15, 0.2) is 0 Å². The van der Waals surface area contributed by atoms with Crippen LogP contribution in [-0.2, 0) is 14.8 Å². The van der Waals surface area contributed by atoms with Gasteiger partial charge in [0.2, 0.25) is 5.91 Å². The zero-order valence-corrected chi connectivity index (χ0v) is 16.2. The second-order valence-electron chi connectivity index (χ2n) is 6.41. The van der Waals surface area contributed by atoms with Crippen molar-refractivity contribution in [2.24, 2.45) is 0 Å². The number of aromatic nitrogens is 1. The molecule has 2 N–H and O–H groups in total. The molecule has 0 saturated heterocycles. The number of aryl methyl sites for hydroxylation is 1. The van der Waals surface area contributed by atoms with Crippen LogP contribution in [-0.4, -0.2) is 36.2 Å². The Morgan fingerprint density at radius 3 is 2.79 bits per heavy atom. The van der Waals surface area contributed by atoms with E-state index >= 15 is 0 Å². The van der Waals surface area contributed by atoms with Crippen LogP contribution in [0.2, 0.25) is 0 Å². The Bertz CT molecular complexity index is 1160. The number of amides is 3. The van der Waals surface area contributed by atoms with E-state index < -0.39 is 45.3 Å². The second kappa shape index (κ2) is 7.48. The third-order valence-electron chi connectivity index (χ3n) is 4.30. The Balaban J connectivity index is 1.78. The molecule has 1 aliphatic rings. The summed E-state index contributed by atoms with van der Waals surface area (Å²) in [6.07, 6.45) is 1.36. The van der Waals surface area contributed by atoms with Crippen LogP contribution in [0.1, 0.15) is 29.8 Å². The average molecular weight is 417 g/mol. The molecule has 0 aliphatic carbocycles. The maximum atomic E-state index is 13.5. The number of carbonyl (C=O) groups excluding carboxylic acids is 2. The van der Waals surface area contributed by atoms with Gasteiger partial charge in [-0.25, -0.2) is 21.9 Å². The summed E-state index contributed by atoms with van der Waals surface area (Å²) in [6, 6.07) is 4.89. The minimum atomic E-state index is -4.40. The molecular weight excluding hydrogens is 401 g/mol. The van der Waals surface area contributed by atoms with Crippen molar-refractivity contribution in [3.8, 4) is 6.07 Å². The number of nitriles is 1. The van der Waals surface area contributed by atoms with Gasteiger partial charge in [0.25, 0.3) is 10.0 Å². The Hall–Kier alpha value is -3.52. The SMILES string of the molecule is Cc1cc(C#N)cnc1[C@H](C)NC(=O)CN1C(=O)Nc2ccc(F)cc2S1(=O)=O. The number of rotatable bonds is 4. The molecule has 11 heteroatoms. The minimum Gasteiger partial charge on any atom is -0.346 e. The van der Waals surface area contributed by atoms with Gasteiger partial charge in [0.05, 0.1) is 23.0 Å². The van der Waals surface area contributed by atoms with Crippen molar-refractivity contribution in [2.75, 3.05) is 11.9 Å². The fourth-order valence-corrected chi connectivity index (χ4v) is 4.41. The molecule has 3 rings (SSSR count). The molecule has 0 fully saturated rings. The zero-order chi connectivity index (χ0) is 21.3. The van der Waals surface area contributed by atoms with E-state index in [-0.39, 0.29) is 5.69 Å². The predicted octanol–water partition coefficient (Wildman–Crippen LogP) is 1.81. The van der Waals surface area contributed by atoms with Crippen LogP contribution in [0.3, 0.4) is 0 Å². The van der Waals surface area contributed by atoms with Crippen molar-refractivity contribution < 1.29 is 22.4 Å². The van der Waals surface area contributed by atoms with Crippen molar-refractivity contribution in [3.05, 3.63) is 53.1 Å². The summed E-state index contributed by atoms with van der Waals surface area (Å²) in [5, 5.41) is 13.8. The molecule has 1 atom stereocenters. The van der Waals surface area contributed by atoms with Gasteiger partial charge in [-0.05, 0) is 43.7 Å². The Kier molecular flexibility index (Phi) is 5.21. The molecule has 0 spiro atoms. The lowest BCUT2D eigenvalue weighted by molar-refractivity contribution is -0.121. The summed E-state index contributed by atoms with van der Waals surface area (Å²) in [5.74, 6) is -1.54. The molecule has 150 valence electrons. The number of pyridine rings is 1. The second-order valence-corrected chi connectivity index (χ2v) is 8.24. The molecule has 1 aromatic carbocycles. The number of fused-ring (bicyclic) bond motifs is 1. The Morgan fingerprint density at radius 1 is 1.41 bits per heavy atom. The molecule has 2 aromatic rings. The number of hydrogen-bond acceptors (Lipinski definition) is 6. The Labute approximate surface area is 166 Å². The molecule has 9 nitrogen and oxygen atoms in total. The summed E-state index contributed by atoms with van der Waals surface area (Å²) >= 11 is 0.